The number of rotatable bonds is 2. The minimum absolute atomic E-state index is 0.134. The molecule has 0 bridgehead atoms. The number of H-pyrrole nitrogens is 1. The zero-order valence-corrected chi connectivity index (χ0v) is 9.58. The van der Waals surface area contributed by atoms with Gasteiger partial charge in [0.1, 0.15) is 5.82 Å². The molecule has 16 heavy (non-hydrogen) atoms. The van der Waals surface area contributed by atoms with Crippen LogP contribution in [-0.2, 0) is 6.54 Å². The van der Waals surface area contributed by atoms with Crippen LogP contribution in [0.5, 0.6) is 0 Å². The number of nitrogens with zero attached hydrogens (tertiary/aromatic N) is 1. The first-order chi connectivity index (χ1) is 7.56. The quantitative estimate of drug-likeness (QED) is 0.836. The maximum atomic E-state index is 11.4. The second-order valence-corrected chi connectivity index (χ2v) is 4.13. The monoisotopic (exact) mass is 237 g/mol. The first kappa shape index (κ1) is 10.8. The summed E-state index contributed by atoms with van der Waals surface area (Å²) >= 11 is 5.92. The number of anilines is 1. The standard InChI is InChI=1S/C11H12ClN3O/c1-7-4-8(2-3-9(7)12)6-15-11(16)5-10(13)14-15/h2-5,14H,6,13H2,1H3. The fraction of sp³-hybridized carbons (Fsp3) is 0.182. The molecule has 0 amide bonds. The molecule has 0 aliphatic carbocycles. The van der Waals surface area contributed by atoms with Gasteiger partial charge in [0.25, 0.3) is 5.56 Å². The highest BCUT2D eigenvalue weighted by molar-refractivity contribution is 6.31. The third-order valence-corrected chi connectivity index (χ3v) is 2.80. The lowest BCUT2D eigenvalue weighted by atomic mass is 10.1. The number of hydrogen-bond donors (Lipinski definition) is 2. The van der Waals surface area contributed by atoms with E-state index in [1.54, 1.807) is 0 Å². The molecule has 3 N–H and O–H groups in total. The number of benzene rings is 1. The molecule has 0 saturated heterocycles. The van der Waals surface area contributed by atoms with Gasteiger partial charge in [-0.2, -0.15) is 0 Å². The minimum atomic E-state index is -0.134. The number of halogens is 1. The van der Waals surface area contributed by atoms with Gasteiger partial charge in [0.05, 0.1) is 6.54 Å². The van der Waals surface area contributed by atoms with E-state index in [4.69, 9.17) is 17.3 Å². The summed E-state index contributed by atoms with van der Waals surface area (Å²) in [5.41, 5.74) is 7.35. The van der Waals surface area contributed by atoms with Crippen LogP contribution in [0.1, 0.15) is 11.1 Å². The number of nitrogens with two attached hydrogens (primary N) is 1. The Labute approximate surface area is 97.6 Å². The topological polar surface area (TPSA) is 63.8 Å². The molecule has 0 spiro atoms. The number of aryl methyl sites for hydroxylation is 1. The Kier molecular flexibility index (Phi) is 2.75. The molecule has 2 aromatic rings. The Morgan fingerprint density at radius 1 is 1.44 bits per heavy atom. The zero-order valence-electron chi connectivity index (χ0n) is 8.83. The van der Waals surface area contributed by atoms with E-state index in [1.165, 1.54) is 10.7 Å². The van der Waals surface area contributed by atoms with Crippen molar-refractivity contribution in [3.8, 4) is 0 Å². The highest BCUT2D eigenvalue weighted by atomic mass is 35.5. The van der Waals surface area contributed by atoms with Crippen molar-refractivity contribution in [2.75, 3.05) is 5.73 Å². The van der Waals surface area contributed by atoms with Crippen molar-refractivity contribution in [2.24, 2.45) is 0 Å². The van der Waals surface area contributed by atoms with Crippen LogP contribution in [-0.4, -0.2) is 9.78 Å². The number of nitrogen functional groups attached to an aromatic ring is 1. The molecule has 0 fully saturated rings. The van der Waals surface area contributed by atoms with Gasteiger partial charge in [-0.15, -0.1) is 0 Å². The van der Waals surface area contributed by atoms with Crippen molar-refractivity contribution in [3.63, 3.8) is 0 Å². The Bertz CT molecular complexity index is 571. The lowest BCUT2D eigenvalue weighted by Crippen LogP contribution is -2.16. The van der Waals surface area contributed by atoms with E-state index in [2.05, 4.69) is 5.10 Å². The summed E-state index contributed by atoms with van der Waals surface area (Å²) in [5, 5.41) is 3.50. The lowest BCUT2D eigenvalue weighted by Gasteiger charge is -2.04. The number of aromatic nitrogens is 2. The average Bonchev–Trinajstić information content (AvgIpc) is 2.51. The molecular formula is C11H12ClN3O. The second-order valence-electron chi connectivity index (χ2n) is 3.72. The molecular weight excluding hydrogens is 226 g/mol. The van der Waals surface area contributed by atoms with E-state index in [9.17, 15) is 4.79 Å². The van der Waals surface area contributed by atoms with Crippen molar-refractivity contribution in [1.29, 1.82) is 0 Å². The van der Waals surface area contributed by atoms with Crippen LogP contribution in [0.3, 0.4) is 0 Å². The summed E-state index contributed by atoms with van der Waals surface area (Å²) in [5.74, 6) is 0.371. The van der Waals surface area contributed by atoms with E-state index in [0.29, 0.717) is 12.4 Å². The van der Waals surface area contributed by atoms with Gasteiger partial charge in [-0.1, -0.05) is 23.7 Å². The largest absolute Gasteiger partial charge is 0.384 e. The molecule has 84 valence electrons. The molecule has 1 heterocycles. The predicted octanol–water partition coefficient (Wildman–Crippen LogP) is 1.77. The van der Waals surface area contributed by atoms with Crippen molar-refractivity contribution < 1.29 is 0 Å². The molecule has 5 heteroatoms. The number of nitrogens with one attached hydrogen (secondary N) is 1. The predicted molar refractivity (Wildman–Crippen MR) is 64.8 cm³/mol. The van der Waals surface area contributed by atoms with Crippen LogP contribution in [0.2, 0.25) is 5.02 Å². The summed E-state index contributed by atoms with van der Waals surface area (Å²) in [6.07, 6.45) is 0. The van der Waals surface area contributed by atoms with Crippen LogP contribution < -0.4 is 11.3 Å². The van der Waals surface area contributed by atoms with E-state index in [-0.39, 0.29) is 5.56 Å². The molecule has 1 aromatic carbocycles. The van der Waals surface area contributed by atoms with Gasteiger partial charge in [-0.3, -0.25) is 9.89 Å². The normalized spacial score (nSPS) is 10.6. The van der Waals surface area contributed by atoms with E-state index in [0.717, 1.165) is 16.1 Å². The van der Waals surface area contributed by atoms with Gasteiger partial charge in [0, 0.05) is 11.1 Å². The fourth-order valence-corrected chi connectivity index (χ4v) is 1.68. The van der Waals surface area contributed by atoms with Crippen molar-refractivity contribution in [3.05, 3.63) is 50.8 Å². The van der Waals surface area contributed by atoms with Crippen LogP contribution in [0, 0.1) is 6.92 Å². The molecule has 0 atom stereocenters. The van der Waals surface area contributed by atoms with Gasteiger partial charge < -0.3 is 5.73 Å². The number of aromatic amines is 1. The van der Waals surface area contributed by atoms with Crippen molar-refractivity contribution >= 4 is 17.4 Å². The van der Waals surface area contributed by atoms with Crippen LogP contribution in [0.15, 0.2) is 29.1 Å². The average molecular weight is 238 g/mol. The molecule has 0 radical (unpaired) electrons. The first-order valence-electron chi connectivity index (χ1n) is 4.86. The second kappa shape index (κ2) is 4.06. The molecule has 0 saturated carbocycles. The van der Waals surface area contributed by atoms with Gasteiger partial charge in [0.2, 0.25) is 0 Å². The fourth-order valence-electron chi connectivity index (χ4n) is 1.56. The maximum Gasteiger partial charge on any atom is 0.268 e. The summed E-state index contributed by atoms with van der Waals surface area (Å²) in [4.78, 5) is 11.4. The van der Waals surface area contributed by atoms with E-state index < -0.39 is 0 Å². The Morgan fingerprint density at radius 2 is 2.19 bits per heavy atom. The van der Waals surface area contributed by atoms with Crippen LogP contribution in [0.25, 0.3) is 0 Å². The molecule has 0 unspecified atom stereocenters. The third-order valence-electron chi connectivity index (χ3n) is 2.37. The zero-order chi connectivity index (χ0) is 11.7. The van der Waals surface area contributed by atoms with Gasteiger partial charge in [-0.05, 0) is 24.1 Å². The van der Waals surface area contributed by atoms with Crippen molar-refractivity contribution in [1.82, 2.24) is 9.78 Å². The summed E-state index contributed by atoms with van der Waals surface area (Å²) in [6, 6.07) is 7.02. The summed E-state index contributed by atoms with van der Waals surface area (Å²) < 4.78 is 1.46. The van der Waals surface area contributed by atoms with Crippen LogP contribution in [0.4, 0.5) is 5.82 Å². The Hall–Kier alpha value is -1.68. The molecule has 0 aliphatic rings. The van der Waals surface area contributed by atoms with Gasteiger partial charge in [0.15, 0.2) is 0 Å². The van der Waals surface area contributed by atoms with Crippen molar-refractivity contribution in [2.45, 2.75) is 13.5 Å². The minimum Gasteiger partial charge on any atom is -0.384 e. The van der Waals surface area contributed by atoms with Gasteiger partial charge >= 0.3 is 0 Å². The third kappa shape index (κ3) is 2.12. The SMILES string of the molecule is Cc1cc(Cn2[nH]c(N)cc2=O)ccc1Cl. The van der Waals surface area contributed by atoms with E-state index in [1.807, 2.05) is 25.1 Å². The smallest absolute Gasteiger partial charge is 0.268 e. The lowest BCUT2D eigenvalue weighted by molar-refractivity contribution is 0.666. The molecule has 4 nitrogen and oxygen atoms in total. The molecule has 0 aliphatic heterocycles. The Morgan fingerprint density at radius 3 is 2.75 bits per heavy atom. The molecule has 2 rings (SSSR count). The molecule has 1 aromatic heterocycles. The van der Waals surface area contributed by atoms with Crippen LogP contribution >= 0.6 is 11.6 Å². The number of hydrogen-bond acceptors (Lipinski definition) is 2. The highest BCUT2D eigenvalue weighted by Gasteiger charge is 2.02. The van der Waals surface area contributed by atoms with E-state index >= 15 is 0 Å². The Balaban J connectivity index is 2.30. The summed E-state index contributed by atoms with van der Waals surface area (Å²) in [6.45, 7) is 2.39. The summed E-state index contributed by atoms with van der Waals surface area (Å²) in [7, 11) is 0. The highest BCUT2D eigenvalue weighted by Crippen LogP contribution is 2.16. The maximum absolute atomic E-state index is 11.4. The van der Waals surface area contributed by atoms with Gasteiger partial charge in [-0.25, -0.2) is 4.68 Å². The first-order valence-corrected chi connectivity index (χ1v) is 5.24.